The molecule has 6 heteroatoms. The maximum atomic E-state index is 9.46. The van der Waals surface area contributed by atoms with E-state index in [9.17, 15) is 5.11 Å². The van der Waals surface area contributed by atoms with E-state index in [1.807, 2.05) is 7.05 Å². The van der Waals surface area contributed by atoms with E-state index in [4.69, 9.17) is 0 Å². The van der Waals surface area contributed by atoms with Crippen LogP contribution in [0.2, 0.25) is 0 Å². The Labute approximate surface area is 109 Å². The normalized spacial score (nSPS) is 24.4. The van der Waals surface area contributed by atoms with Crippen molar-refractivity contribution in [1.29, 1.82) is 0 Å². The van der Waals surface area contributed by atoms with E-state index in [1.54, 1.807) is 0 Å². The lowest BCUT2D eigenvalue weighted by molar-refractivity contribution is 0.126. The van der Waals surface area contributed by atoms with Crippen molar-refractivity contribution in [2.24, 2.45) is 0 Å². The minimum Gasteiger partial charge on any atom is -0.393 e. The minimum atomic E-state index is -0.130. The fourth-order valence-corrected chi connectivity index (χ4v) is 2.58. The molecule has 0 aliphatic heterocycles. The Kier molecular flexibility index (Phi) is 4.17. The first-order chi connectivity index (χ1) is 8.20. The van der Waals surface area contributed by atoms with Gasteiger partial charge in [0.1, 0.15) is 22.4 Å². The molecule has 2 rings (SSSR count). The fraction of sp³-hybridized carbons (Fsp3) is 0.636. The van der Waals surface area contributed by atoms with E-state index in [0.717, 1.165) is 41.8 Å². The summed E-state index contributed by atoms with van der Waals surface area (Å²) in [4.78, 5) is 8.34. The first-order valence-corrected chi connectivity index (χ1v) is 6.63. The summed E-state index contributed by atoms with van der Waals surface area (Å²) in [5.74, 6) is 1.59. The molecule has 1 fully saturated rings. The molecular weight excluding hydrogens is 284 g/mol. The number of aromatic nitrogens is 2. The maximum Gasteiger partial charge on any atom is 0.146 e. The van der Waals surface area contributed by atoms with Gasteiger partial charge >= 0.3 is 0 Å². The largest absolute Gasteiger partial charge is 0.393 e. The van der Waals surface area contributed by atoms with Gasteiger partial charge in [-0.15, -0.1) is 0 Å². The summed E-state index contributed by atoms with van der Waals surface area (Å²) < 4.78 is 0.855. The van der Waals surface area contributed by atoms with Crippen molar-refractivity contribution >= 4 is 27.6 Å². The Morgan fingerprint density at radius 2 is 1.88 bits per heavy atom. The van der Waals surface area contributed by atoms with Crippen LogP contribution in [-0.2, 0) is 0 Å². The second kappa shape index (κ2) is 5.64. The van der Waals surface area contributed by atoms with Crippen LogP contribution in [0.1, 0.15) is 25.7 Å². The predicted molar refractivity (Wildman–Crippen MR) is 71.2 cm³/mol. The molecule has 1 saturated carbocycles. The highest BCUT2D eigenvalue weighted by molar-refractivity contribution is 9.10. The van der Waals surface area contributed by atoms with Crippen LogP contribution >= 0.6 is 15.9 Å². The zero-order chi connectivity index (χ0) is 12.3. The molecule has 1 aliphatic carbocycles. The standard InChI is InChI=1S/C11H17BrN4O/c1-13-10-9(12)11(15-6-14-10)16-7-2-4-8(17)5-3-7/h6-8,17H,2-5H2,1H3,(H2,13,14,15,16). The summed E-state index contributed by atoms with van der Waals surface area (Å²) in [5, 5.41) is 15.9. The molecule has 0 radical (unpaired) electrons. The highest BCUT2D eigenvalue weighted by Gasteiger charge is 2.20. The van der Waals surface area contributed by atoms with Crippen LogP contribution in [0.25, 0.3) is 0 Å². The van der Waals surface area contributed by atoms with E-state index in [0.29, 0.717) is 6.04 Å². The highest BCUT2D eigenvalue weighted by Crippen LogP contribution is 2.29. The molecule has 1 aromatic rings. The molecule has 94 valence electrons. The van der Waals surface area contributed by atoms with Gasteiger partial charge in [0, 0.05) is 13.1 Å². The summed E-state index contributed by atoms with van der Waals surface area (Å²) >= 11 is 3.48. The molecule has 0 bridgehead atoms. The molecule has 0 unspecified atom stereocenters. The van der Waals surface area contributed by atoms with Crippen molar-refractivity contribution in [2.75, 3.05) is 17.7 Å². The number of halogens is 1. The lowest BCUT2D eigenvalue weighted by atomic mass is 9.93. The number of aliphatic hydroxyl groups is 1. The third-order valence-corrected chi connectivity index (χ3v) is 3.81. The second-order valence-electron chi connectivity index (χ2n) is 4.28. The topological polar surface area (TPSA) is 70.1 Å². The van der Waals surface area contributed by atoms with Gasteiger partial charge < -0.3 is 15.7 Å². The molecule has 0 aromatic carbocycles. The molecule has 5 nitrogen and oxygen atoms in total. The number of aliphatic hydroxyl groups excluding tert-OH is 1. The van der Waals surface area contributed by atoms with Gasteiger partial charge in [0.15, 0.2) is 0 Å². The Balaban J connectivity index is 2.03. The Morgan fingerprint density at radius 1 is 1.24 bits per heavy atom. The number of nitrogens with zero attached hydrogens (tertiary/aromatic N) is 2. The van der Waals surface area contributed by atoms with E-state index < -0.39 is 0 Å². The maximum absolute atomic E-state index is 9.46. The quantitative estimate of drug-likeness (QED) is 0.796. The van der Waals surface area contributed by atoms with Crippen molar-refractivity contribution in [3.63, 3.8) is 0 Å². The van der Waals surface area contributed by atoms with Crippen molar-refractivity contribution < 1.29 is 5.11 Å². The number of hydrogen-bond acceptors (Lipinski definition) is 5. The average Bonchev–Trinajstić information content (AvgIpc) is 2.35. The smallest absolute Gasteiger partial charge is 0.146 e. The Morgan fingerprint density at radius 3 is 2.53 bits per heavy atom. The minimum absolute atomic E-state index is 0.130. The number of rotatable bonds is 3. The van der Waals surface area contributed by atoms with E-state index in [1.165, 1.54) is 6.33 Å². The molecule has 3 N–H and O–H groups in total. The molecule has 0 atom stereocenters. The molecule has 0 amide bonds. The number of anilines is 2. The van der Waals surface area contributed by atoms with Gasteiger partial charge in [-0.3, -0.25) is 0 Å². The van der Waals surface area contributed by atoms with Gasteiger partial charge in [0.05, 0.1) is 6.10 Å². The summed E-state index contributed by atoms with van der Waals surface area (Å²) in [6.45, 7) is 0. The number of nitrogens with one attached hydrogen (secondary N) is 2. The van der Waals surface area contributed by atoms with Crippen LogP contribution in [0, 0.1) is 0 Å². The van der Waals surface area contributed by atoms with Crippen molar-refractivity contribution in [2.45, 2.75) is 37.8 Å². The Bertz CT molecular complexity index is 380. The molecule has 0 saturated heterocycles. The van der Waals surface area contributed by atoms with Crippen LogP contribution in [0.4, 0.5) is 11.6 Å². The van der Waals surface area contributed by atoms with Crippen LogP contribution < -0.4 is 10.6 Å². The van der Waals surface area contributed by atoms with E-state index in [2.05, 4.69) is 36.5 Å². The third-order valence-electron chi connectivity index (χ3n) is 3.06. The molecule has 1 heterocycles. The van der Waals surface area contributed by atoms with Crippen molar-refractivity contribution in [1.82, 2.24) is 9.97 Å². The van der Waals surface area contributed by atoms with Crippen LogP contribution in [0.5, 0.6) is 0 Å². The summed E-state index contributed by atoms with van der Waals surface area (Å²) in [6.07, 6.45) is 5.09. The zero-order valence-electron chi connectivity index (χ0n) is 9.78. The summed E-state index contributed by atoms with van der Waals surface area (Å²) in [6, 6.07) is 0.384. The van der Waals surface area contributed by atoms with Crippen LogP contribution in [0.15, 0.2) is 10.8 Å². The summed E-state index contributed by atoms with van der Waals surface area (Å²) in [5.41, 5.74) is 0. The monoisotopic (exact) mass is 300 g/mol. The lowest BCUT2D eigenvalue weighted by Gasteiger charge is -2.27. The molecule has 1 aromatic heterocycles. The predicted octanol–water partition coefficient (Wildman–Crippen LogP) is 2.00. The molecule has 0 spiro atoms. The first kappa shape index (κ1) is 12.6. The van der Waals surface area contributed by atoms with Gasteiger partial charge in [-0.05, 0) is 41.6 Å². The SMILES string of the molecule is CNc1ncnc(NC2CCC(O)CC2)c1Br. The van der Waals surface area contributed by atoms with Gasteiger partial charge in [-0.2, -0.15) is 0 Å². The number of hydrogen-bond donors (Lipinski definition) is 3. The lowest BCUT2D eigenvalue weighted by Crippen LogP contribution is -2.28. The highest BCUT2D eigenvalue weighted by atomic mass is 79.9. The van der Waals surface area contributed by atoms with Gasteiger partial charge in [-0.1, -0.05) is 0 Å². The van der Waals surface area contributed by atoms with Crippen LogP contribution in [0.3, 0.4) is 0 Å². The molecular formula is C11H17BrN4O. The van der Waals surface area contributed by atoms with Gasteiger partial charge in [-0.25, -0.2) is 9.97 Å². The average molecular weight is 301 g/mol. The molecule has 17 heavy (non-hydrogen) atoms. The van der Waals surface area contributed by atoms with Crippen molar-refractivity contribution in [3.8, 4) is 0 Å². The van der Waals surface area contributed by atoms with E-state index >= 15 is 0 Å². The molecule has 1 aliphatic rings. The van der Waals surface area contributed by atoms with Crippen LogP contribution in [-0.4, -0.2) is 34.3 Å². The summed E-state index contributed by atoms with van der Waals surface area (Å²) in [7, 11) is 1.83. The fourth-order valence-electron chi connectivity index (χ4n) is 2.06. The van der Waals surface area contributed by atoms with Gasteiger partial charge in [0.25, 0.3) is 0 Å². The van der Waals surface area contributed by atoms with E-state index in [-0.39, 0.29) is 6.10 Å². The second-order valence-corrected chi connectivity index (χ2v) is 5.08. The third kappa shape index (κ3) is 3.07. The Hall–Kier alpha value is -0.880. The first-order valence-electron chi connectivity index (χ1n) is 5.83. The zero-order valence-corrected chi connectivity index (χ0v) is 11.4. The van der Waals surface area contributed by atoms with Crippen molar-refractivity contribution in [3.05, 3.63) is 10.8 Å². The van der Waals surface area contributed by atoms with Gasteiger partial charge in [0.2, 0.25) is 0 Å².